The van der Waals surface area contributed by atoms with Crippen molar-refractivity contribution in [3.63, 3.8) is 0 Å². The van der Waals surface area contributed by atoms with Gasteiger partial charge in [-0.3, -0.25) is 4.79 Å². The molecule has 1 aromatic heterocycles. The number of aromatic nitrogens is 1. The van der Waals surface area contributed by atoms with E-state index in [1.807, 2.05) is 89.8 Å². The monoisotopic (exact) mass is 437 g/mol. The molecule has 0 atom stereocenters. The minimum atomic E-state index is -0.0429. The number of methoxy groups -OCH3 is 1. The second kappa shape index (κ2) is 10.5. The van der Waals surface area contributed by atoms with Crippen LogP contribution in [0.2, 0.25) is 0 Å². The maximum atomic E-state index is 12.6. The first kappa shape index (κ1) is 22.2. The third kappa shape index (κ3) is 5.60. The standard InChI is InChI=1S/C29H27NO3/c1-3-22-6-14-27(15-7-22)33-21-25-20-23(9-17-29(25)32-2)8-16-28(31)24-10-12-26(13-11-24)30-18-4-5-19-30/h4-20H,3,21H2,1-2H3/b16-8+. The number of ether oxygens (including phenoxy) is 2. The molecule has 0 bridgehead atoms. The molecule has 0 amide bonds. The van der Waals surface area contributed by atoms with Crippen LogP contribution in [0.4, 0.5) is 0 Å². The van der Waals surface area contributed by atoms with Crippen molar-refractivity contribution in [3.05, 3.63) is 120 Å². The van der Waals surface area contributed by atoms with Crippen LogP contribution in [-0.4, -0.2) is 17.5 Å². The van der Waals surface area contributed by atoms with Gasteiger partial charge in [0.15, 0.2) is 5.78 Å². The molecule has 0 unspecified atom stereocenters. The zero-order valence-electron chi connectivity index (χ0n) is 18.9. The Morgan fingerprint density at radius 3 is 2.33 bits per heavy atom. The Morgan fingerprint density at radius 1 is 0.939 bits per heavy atom. The fourth-order valence-corrected chi connectivity index (χ4v) is 3.57. The summed E-state index contributed by atoms with van der Waals surface area (Å²) >= 11 is 0. The molecule has 0 saturated heterocycles. The Kier molecular flexibility index (Phi) is 7.06. The molecule has 166 valence electrons. The molecule has 0 radical (unpaired) electrons. The molecule has 0 N–H and O–H groups in total. The van der Waals surface area contributed by atoms with Crippen LogP contribution in [-0.2, 0) is 13.0 Å². The first-order valence-electron chi connectivity index (χ1n) is 11.0. The van der Waals surface area contributed by atoms with E-state index in [0.29, 0.717) is 12.2 Å². The predicted molar refractivity (Wildman–Crippen MR) is 132 cm³/mol. The molecular formula is C29H27NO3. The molecular weight excluding hydrogens is 410 g/mol. The van der Waals surface area contributed by atoms with Gasteiger partial charge in [-0.15, -0.1) is 0 Å². The van der Waals surface area contributed by atoms with Crippen molar-refractivity contribution < 1.29 is 14.3 Å². The van der Waals surface area contributed by atoms with Crippen molar-refractivity contribution in [2.24, 2.45) is 0 Å². The number of benzene rings is 3. The van der Waals surface area contributed by atoms with E-state index in [9.17, 15) is 4.79 Å². The molecule has 0 spiro atoms. The number of carbonyl (C=O) groups is 1. The lowest BCUT2D eigenvalue weighted by atomic mass is 10.1. The third-order valence-corrected chi connectivity index (χ3v) is 5.51. The highest BCUT2D eigenvalue weighted by molar-refractivity contribution is 6.06. The Labute approximate surface area is 194 Å². The highest BCUT2D eigenvalue weighted by atomic mass is 16.5. The maximum Gasteiger partial charge on any atom is 0.185 e. The van der Waals surface area contributed by atoms with Crippen LogP contribution in [0.5, 0.6) is 11.5 Å². The Bertz CT molecular complexity index is 1220. The van der Waals surface area contributed by atoms with Crippen LogP contribution in [0.25, 0.3) is 11.8 Å². The molecule has 0 aliphatic heterocycles. The summed E-state index contributed by atoms with van der Waals surface area (Å²) in [5.74, 6) is 1.52. The highest BCUT2D eigenvalue weighted by Crippen LogP contribution is 2.23. The lowest BCUT2D eigenvalue weighted by molar-refractivity contribution is 0.104. The maximum absolute atomic E-state index is 12.6. The van der Waals surface area contributed by atoms with E-state index in [1.54, 1.807) is 13.2 Å². The number of nitrogens with zero attached hydrogens (tertiary/aromatic N) is 1. The largest absolute Gasteiger partial charge is 0.496 e. The summed E-state index contributed by atoms with van der Waals surface area (Å²) in [5, 5.41) is 0. The number of ketones is 1. The summed E-state index contributed by atoms with van der Waals surface area (Å²) in [6, 6.07) is 25.4. The van der Waals surface area contributed by atoms with Gasteiger partial charge in [-0.1, -0.05) is 31.2 Å². The first-order chi connectivity index (χ1) is 16.2. The van der Waals surface area contributed by atoms with Gasteiger partial charge < -0.3 is 14.0 Å². The number of allylic oxidation sites excluding steroid dienone is 1. The van der Waals surface area contributed by atoms with Crippen LogP contribution < -0.4 is 9.47 Å². The molecule has 4 rings (SSSR count). The Morgan fingerprint density at radius 2 is 1.67 bits per heavy atom. The molecule has 0 aliphatic rings. The van der Waals surface area contributed by atoms with Crippen LogP contribution in [0.3, 0.4) is 0 Å². The minimum Gasteiger partial charge on any atom is -0.496 e. The van der Waals surface area contributed by atoms with E-state index >= 15 is 0 Å². The molecule has 3 aromatic carbocycles. The summed E-state index contributed by atoms with van der Waals surface area (Å²) in [4.78, 5) is 12.6. The van der Waals surface area contributed by atoms with Crippen LogP contribution in [0.1, 0.15) is 34.0 Å². The zero-order chi connectivity index (χ0) is 23.0. The quantitative estimate of drug-likeness (QED) is 0.221. The van der Waals surface area contributed by atoms with E-state index in [1.165, 1.54) is 5.56 Å². The molecule has 4 aromatic rings. The molecule has 0 aliphatic carbocycles. The van der Waals surface area contributed by atoms with Gasteiger partial charge in [-0.05, 0) is 84.3 Å². The van der Waals surface area contributed by atoms with Crippen LogP contribution >= 0.6 is 0 Å². The van der Waals surface area contributed by atoms with E-state index < -0.39 is 0 Å². The van der Waals surface area contributed by atoms with E-state index in [2.05, 4.69) is 19.1 Å². The van der Waals surface area contributed by atoms with Gasteiger partial charge in [0, 0.05) is 29.2 Å². The molecule has 33 heavy (non-hydrogen) atoms. The second-order valence-corrected chi connectivity index (χ2v) is 7.69. The summed E-state index contributed by atoms with van der Waals surface area (Å²) in [7, 11) is 1.64. The molecule has 4 heteroatoms. The number of hydrogen-bond acceptors (Lipinski definition) is 3. The molecule has 0 fully saturated rings. The number of aryl methyl sites for hydroxylation is 1. The number of carbonyl (C=O) groups excluding carboxylic acids is 1. The van der Waals surface area contributed by atoms with Gasteiger partial charge in [0.25, 0.3) is 0 Å². The SMILES string of the molecule is CCc1ccc(OCc2cc(/C=C/C(=O)c3ccc(-n4cccc4)cc3)ccc2OC)cc1. The van der Waals surface area contributed by atoms with Gasteiger partial charge in [0.1, 0.15) is 18.1 Å². The third-order valence-electron chi connectivity index (χ3n) is 5.51. The van der Waals surface area contributed by atoms with E-state index in [0.717, 1.165) is 34.7 Å². The van der Waals surface area contributed by atoms with Gasteiger partial charge in [-0.2, -0.15) is 0 Å². The second-order valence-electron chi connectivity index (χ2n) is 7.69. The fraction of sp³-hybridized carbons (Fsp3) is 0.138. The van der Waals surface area contributed by atoms with Gasteiger partial charge in [0.05, 0.1) is 7.11 Å². The van der Waals surface area contributed by atoms with Gasteiger partial charge in [-0.25, -0.2) is 0 Å². The van der Waals surface area contributed by atoms with Crippen molar-refractivity contribution in [2.45, 2.75) is 20.0 Å². The lowest BCUT2D eigenvalue weighted by Gasteiger charge is -2.11. The summed E-state index contributed by atoms with van der Waals surface area (Å²) < 4.78 is 13.4. The average molecular weight is 438 g/mol. The predicted octanol–water partition coefficient (Wildman–Crippen LogP) is 6.52. The molecule has 1 heterocycles. The van der Waals surface area contributed by atoms with Crippen molar-refractivity contribution in [1.29, 1.82) is 0 Å². The first-order valence-corrected chi connectivity index (χ1v) is 11.0. The minimum absolute atomic E-state index is 0.0429. The summed E-state index contributed by atoms with van der Waals surface area (Å²) in [6.45, 7) is 2.51. The van der Waals surface area contributed by atoms with E-state index in [4.69, 9.17) is 9.47 Å². The molecule has 4 nitrogen and oxygen atoms in total. The Hall–Kier alpha value is -4.05. The number of hydrogen-bond donors (Lipinski definition) is 0. The summed E-state index contributed by atoms with van der Waals surface area (Å²) in [5.41, 5.74) is 4.77. The molecule has 0 saturated carbocycles. The van der Waals surface area contributed by atoms with Crippen LogP contribution in [0, 0.1) is 0 Å². The normalized spacial score (nSPS) is 11.0. The van der Waals surface area contributed by atoms with Gasteiger partial charge >= 0.3 is 0 Å². The van der Waals surface area contributed by atoms with Gasteiger partial charge in [0.2, 0.25) is 0 Å². The Balaban J connectivity index is 1.44. The smallest absolute Gasteiger partial charge is 0.185 e. The highest BCUT2D eigenvalue weighted by Gasteiger charge is 2.07. The van der Waals surface area contributed by atoms with Crippen LogP contribution in [0.15, 0.2) is 97.3 Å². The van der Waals surface area contributed by atoms with Crippen molar-refractivity contribution in [3.8, 4) is 17.2 Å². The van der Waals surface area contributed by atoms with Crippen molar-refractivity contribution in [1.82, 2.24) is 4.57 Å². The summed E-state index contributed by atoms with van der Waals surface area (Å²) in [6.07, 6.45) is 8.37. The van der Waals surface area contributed by atoms with Crippen molar-refractivity contribution in [2.75, 3.05) is 7.11 Å². The number of rotatable bonds is 9. The zero-order valence-corrected chi connectivity index (χ0v) is 18.9. The average Bonchev–Trinajstić information content (AvgIpc) is 3.41. The topological polar surface area (TPSA) is 40.5 Å². The van der Waals surface area contributed by atoms with Crippen molar-refractivity contribution >= 4 is 11.9 Å². The fourth-order valence-electron chi connectivity index (χ4n) is 3.57. The lowest BCUT2D eigenvalue weighted by Crippen LogP contribution is -2.00. The van der Waals surface area contributed by atoms with E-state index in [-0.39, 0.29) is 5.78 Å².